The Morgan fingerprint density at radius 3 is 2.69 bits per heavy atom. The Balaban J connectivity index is 2.25. The van der Waals surface area contributed by atoms with Gasteiger partial charge in [0.15, 0.2) is 0 Å². The van der Waals surface area contributed by atoms with Gasteiger partial charge < -0.3 is 10.2 Å². The van der Waals surface area contributed by atoms with E-state index in [9.17, 15) is 0 Å². The smallest absolute Gasteiger partial charge is 0.0414 e. The maximum atomic E-state index is 3.25. The second kappa shape index (κ2) is 4.88. The van der Waals surface area contributed by atoms with Gasteiger partial charge in [-0.1, -0.05) is 25.1 Å². The summed E-state index contributed by atoms with van der Waals surface area (Å²) < 4.78 is 0. The van der Waals surface area contributed by atoms with Crippen molar-refractivity contribution in [3.8, 4) is 0 Å². The van der Waals surface area contributed by atoms with Crippen LogP contribution in [0, 0.1) is 5.92 Å². The van der Waals surface area contributed by atoms with Gasteiger partial charge >= 0.3 is 0 Å². The minimum atomic E-state index is 0.674. The van der Waals surface area contributed by atoms with Gasteiger partial charge in [0, 0.05) is 24.8 Å². The Kier molecular flexibility index (Phi) is 3.49. The monoisotopic (exact) mass is 218 g/mol. The predicted molar refractivity (Wildman–Crippen MR) is 69.8 cm³/mol. The second-order valence-electron chi connectivity index (χ2n) is 5.00. The molecular formula is C14H22N2. The molecule has 0 bridgehead atoms. The molecule has 0 spiro atoms. The first-order valence-corrected chi connectivity index (χ1v) is 6.21. The lowest BCUT2D eigenvalue weighted by Gasteiger charge is -2.26. The molecule has 88 valence electrons. The van der Waals surface area contributed by atoms with E-state index in [0.29, 0.717) is 6.04 Å². The van der Waals surface area contributed by atoms with Gasteiger partial charge in [-0.05, 0) is 37.9 Å². The van der Waals surface area contributed by atoms with E-state index in [1.165, 1.54) is 24.2 Å². The van der Waals surface area contributed by atoms with E-state index in [1.807, 2.05) is 7.05 Å². The number of nitrogens with zero attached hydrogens (tertiary/aromatic N) is 1. The van der Waals surface area contributed by atoms with E-state index in [4.69, 9.17) is 0 Å². The van der Waals surface area contributed by atoms with Crippen LogP contribution in [0.15, 0.2) is 24.3 Å². The van der Waals surface area contributed by atoms with Crippen molar-refractivity contribution < 1.29 is 0 Å². The summed E-state index contributed by atoms with van der Waals surface area (Å²) in [6.07, 6.45) is 1.31. The topological polar surface area (TPSA) is 15.3 Å². The quantitative estimate of drug-likeness (QED) is 0.839. The molecular weight excluding hydrogens is 196 g/mol. The van der Waals surface area contributed by atoms with Gasteiger partial charge in [-0.15, -0.1) is 0 Å². The van der Waals surface area contributed by atoms with Crippen molar-refractivity contribution >= 4 is 5.69 Å². The summed E-state index contributed by atoms with van der Waals surface area (Å²) in [5.74, 6) is 0.817. The van der Waals surface area contributed by atoms with Gasteiger partial charge in [0.1, 0.15) is 0 Å². The third kappa shape index (κ3) is 2.22. The van der Waals surface area contributed by atoms with Gasteiger partial charge in [0.25, 0.3) is 0 Å². The maximum Gasteiger partial charge on any atom is 0.0414 e. The summed E-state index contributed by atoms with van der Waals surface area (Å²) in [7, 11) is 2.01. The molecule has 1 N–H and O–H groups in total. The van der Waals surface area contributed by atoms with Crippen LogP contribution >= 0.6 is 0 Å². The van der Waals surface area contributed by atoms with Crippen molar-refractivity contribution in [3.05, 3.63) is 29.8 Å². The first-order valence-electron chi connectivity index (χ1n) is 6.21. The zero-order chi connectivity index (χ0) is 11.5. The molecule has 2 nitrogen and oxygen atoms in total. The largest absolute Gasteiger partial charge is 0.368 e. The van der Waals surface area contributed by atoms with E-state index < -0.39 is 0 Å². The summed E-state index contributed by atoms with van der Waals surface area (Å²) in [6.45, 7) is 6.83. The number of nitrogens with one attached hydrogen (secondary N) is 1. The molecule has 1 heterocycles. The van der Waals surface area contributed by atoms with E-state index >= 15 is 0 Å². The van der Waals surface area contributed by atoms with Gasteiger partial charge in [0.2, 0.25) is 0 Å². The van der Waals surface area contributed by atoms with Crippen LogP contribution in [0.25, 0.3) is 0 Å². The SMILES string of the molecule is CNCc1ccccc1N1CC(C)CC1C. The molecule has 2 unspecified atom stereocenters. The minimum Gasteiger partial charge on any atom is -0.368 e. The summed E-state index contributed by atoms with van der Waals surface area (Å²) >= 11 is 0. The fourth-order valence-corrected chi connectivity index (χ4v) is 2.77. The Morgan fingerprint density at radius 2 is 2.06 bits per heavy atom. The number of hydrogen-bond donors (Lipinski definition) is 1. The van der Waals surface area contributed by atoms with Crippen LogP contribution in [0.1, 0.15) is 25.8 Å². The van der Waals surface area contributed by atoms with Gasteiger partial charge in [0.05, 0.1) is 0 Å². The zero-order valence-corrected chi connectivity index (χ0v) is 10.5. The normalized spacial score (nSPS) is 25.1. The van der Waals surface area contributed by atoms with Crippen LogP contribution in [-0.2, 0) is 6.54 Å². The number of rotatable bonds is 3. The highest BCUT2D eigenvalue weighted by Crippen LogP contribution is 2.30. The molecule has 0 saturated carbocycles. The van der Waals surface area contributed by atoms with Gasteiger partial charge in [-0.3, -0.25) is 0 Å². The summed E-state index contributed by atoms with van der Waals surface area (Å²) in [4.78, 5) is 2.55. The summed E-state index contributed by atoms with van der Waals surface area (Å²) in [5, 5.41) is 3.25. The van der Waals surface area contributed by atoms with Crippen LogP contribution in [0.5, 0.6) is 0 Å². The van der Waals surface area contributed by atoms with E-state index in [0.717, 1.165) is 12.5 Å². The summed E-state index contributed by atoms with van der Waals surface area (Å²) in [6, 6.07) is 9.42. The Morgan fingerprint density at radius 1 is 1.31 bits per heavy atom. The Labute approximate surface area is 98.7 Å². The molecule has 1 aromatic rings. The lowest BCUT2D eigenvalue weighted by atomic mass is 10.1. The molecule has 1 aliphatic rings. The van der Waals surface area contributed by atoms with Crippen LogP contribution < -0.4 is 10.2 Å². The number of anilines is 1. The molecule has 0 aliphatic carbocycles. The molecule has 16 heavy (non-hydrogen) atoms. The van der Waals surface area contributed by atoms with Gasteiger partial charge in [-0.2, -0.15) is 0 Å². The number of benzene rings is 1. The van der Waals surface area contributed by atoms with Crippen molar-refractivity contribution in [3.63, 3.8) is 0 Å². The number of para-hydroxylation sites is 1. The third-order valence-corrected chi connectivity index (χ3v) is 3.45. The molecule has 0 amide bonds. The van der Waals surface area contributed by atoms with Crippen LogP contribution in [0.4, 0.5) is 5.69 Å². The van der Waals surface area contributed by atoms with Crippen LogP contribution in [0.2, 0.25) is 0 Å². The molecule has 0 aromatic heterocycles. The van der Waals surface area contributed by atoms with E-state index in [1.54, 1.807) is 0 Å². The molecule has 1 fully saturated rings. The average molecular weight is 218 g/mol. The third-order valence-electron chi connectivity index (χ3n) is 3.45. The highest BCUT2D eigenvalue weighted by molar-refractivity contribution is 5.55. The Bertz CT molecular complexity index is 348. The molecule has 1 saturated heterocycles. The van der Waals surface area contributed by atoms with Crippen molar-refractivity contribution in [2.45, 2.75) is 32.9 Å². The Hall–Kier alpha value is -1.02. The molecule has 1 aliphatic heterocycles. The first-order chi connectivity index (χ1) is 7.72. The van der Waals surface area contributed by atoms with Crippen molar-refractivity contribution in [1.82, 2.24) is 5.32 Å². The van der Waals surface area contributed by atoms with Gasteiger partial charge in [-0.25, -0.2) is 0 Å². The predicted octanol–water partition coefficient (Wildman–Crippen LogP) is 2.64. The highest BCUT2D eigenvalue weighted by atomic mass is 15.2. The molecule has 1 aromatic carbocycles. The molecule has 2 rings (SSSR count). The highest BCUT2D eigenvalue weighted by Gasteiger charge is 2.27. The fourth-order valence-electron chi connectivity index (χ4n) is 2.77. The first kappa shape index (κ1) is 11.5. The maximum absolute atomic E-state index is 3.25. The van der Waals surface area contributed by atoms with Crippen molar-refractivity contribution in [1.29, 1.82) is 0 Å². The lowest BCUT2D eigenvalue weighted by Crippen LogP contribution is -2.28. The number of hydrogen-bond acceptors (Lipinski definition) is 2. The lowest BCUT2D eigenvalue weighted by molar-refractivity contribution is 0.625. The van der Waals surface area contributed by atoms with Crippen molar-refractivity contribution in [2.24, 2.45) is 5.92 Å². The molecule has 0 radical (unpaired) electrons. The fraction of sp³-hybridized carbons (Fsp3) is 0.571. The zero-order valence-electron chi connectivity index (χ0n) is 10.5. The second-order valence-corrected chi connectivity index (χ2v) is 5.00. The van der Waals surface area contributed by atoms with E-state index in [-0.39, 0.29) is 0 Å². The standard InChI is InChI=1S/C14H22N2/c1-11-8-12(2)16(10-11)14-7-5-4-6-13(14)9-15-3/h4-7,11-12,15H,8-10H2,1-3H3. The molecule has 2 atom stereocenters. The van der Waals surface area contributed by atoms with E-state index in [2.05, 4.69) is 48.3 Å². The summed E-state index contributed by atoms with van der Waals surface area (Å²) in [5.41, 5.74) is 2.82. The van der Waals surface area contributed by atoms with Crippen LogP contribution in [0.3, 0.4) is 0 Å². The van der Waals surface area contributed by atoms with Crippen LogP contribution in [-0.4, -0.2) is 19.6 Å². The minimum absolute atomic E-state index is 0.674. The van der Waals surface area contributed by atoms with Crippen molar-refractivity contribution in [2.75, 3.05) is 18.5 Å². The molecule has 2 heteroatoms. The average Bonchev–Trinajstić information content (AvgIpc) is 2.59.